The SMILES string of the molecule is CCOC(=O)CSC(F)(F)C(=O)O. The number of halogens is 2. The molecule has 0 saturated carbocycles. The van der Waals surface area contributed by atoms with Gasteiger partial charge in [0.2, 0.25) is 0 Å². The maximum atomic E-state index is 12.3. The molecule has 0 aromatic carbocycles. The van der Waals surface area contributed by atoms with Crippen LogP contribution in [0.4, 0.5) is 8.78 Å². The molecule has 1 N–H and O–H groups in total. The van der Waals surface area contributed by atoms with Crippen molar-refractivity contribution in [2.45, 2.75) is 12.2 Å². The lowest BCUT2D eigenvalue weighted by atomic mass is 10.7. The fraction of sp³-hybridized carbons (Fsp3) is 0.667. The minimum absolute atomic E-state index is 0.0814. The van der Waals surface area contributed by atoms with Crippen LogP contribution in [-0.4, -0.2) is 34.7 Å². The van der Waals surface area contributed by atoms with Gasteiger partial charge >= 0.3 is 17.2 Å². The average molecular weight is 214 g/mol. The normalized spacial score (nSPS) is 11.0. The number of hydrogen-bond acceptors (Lipinski definition) is 4. The Labute approximate surface area is 77.2 Å². The van der Waals surface area contributed by atoms with Crippen LogP contribution in [0, 0.1) is 0 Å². The van der Waals surface area contributed by atoms with E-state index in [1.165, 1.54) is 6.92 Å². The lowest BCUT2D eigenvalue weighted by molar-refractivity contribution is -0.152. The zero-order chi connectivity index (χ0) is 10.5. The van der Waals surface area contributed by atoms with Crippen molar-refractivity contribution in [1.82, 2.24) is 0 Å². The summed E-state index contributed by atoms with van der Waals surface area (Å²) < 4.78 is 28.9. The molecule has 0 saturated heterocycles. The van der Waals surface area contributed by atoms with Crippen LogP contribution in [0.3, 0.4) is 0 Å². The zero-order valence-electron chi connectivity index (χ0n) is 6.75. The molecule has 0 rings (SSSR count). The van der Waals surface area contributed by atoms with Crippen molar-refractivity contribution < 1.29 is 28.2 Å². The van der Waals surface area contributed by atoms with Gasteiger partial charge in [0, 0.05) is 0 Å². The molecule has 0 aromatic heterocycles. The predicted octanol–water partition coefficient (Wildman–Crippen LogP) is 0.960. The number of rotatable bonds is 5. The number of aliphatic carboxylic acids is 1. The Hall–Kier alpha value is -0.850. The Bertz CT molecular complexity index is 207. The molecule has 0 radical (unpaired) electrons. The van der Waals surface area contributed by atoms with Crippen molar-refractivity contribution in [2.75, 3.05) is 12.4 Å². The van der Waals surface area contributed by atoms with Crippen molar-refractivity contribution in [1.29, 1.82) is 0 Å². The van der Waals surface area contributed by atoms with Crippen LogP contribution in [-0.2, 0) is 14.3 Å². The van der Waals surface area contributed by atoms with Crippen LogP contribution in [0.15, 0.2) is 0 Å². The number of alkyl halides is 2. The number of carboxylic acids is 1. The molecule has 0 spiro atoms. The van der Waals surface area contributed by atoms with Crippen LogP contribution in [0.2, 0.25) is 0 Å². The van der Waals surface area contributed by atoms with E-state index in [2.05, 4.69) is 4.74 Å². The van der Waals surface area contributed by atoms with Crippen molar-refractivity contribution in [3.63, 3.8) is 0 Å². The highest BCUT2D eigenvalue weighted by Gasteiger charge is 2.40. The van der Waals surface area contributed by atoms with Gasteiger partial charge in [-0.2, -0.15) is 8.78 Å². The Morgan fingerprint density at radius 1 is 1.54 bits per heavy atom. The molecule has 0 amide bonds. The molecular formula is C6H8F2O4S. The third-order valence-corrected chi connectivity index (χ3v) is 1.84. The number of ether oxygens (including phenoxy) is 1. The van der Waals surface area contributed by atoms with E-state index in [1.807, 2.05) is 0 Å². The first-order valence-electron chi connectivity index (χ1n) is 3.31. The van der Waals surface area contributed by atoms with Crippen LogP contribution in [0.25, 0.3) is 0 Å². The molecule has 13 heavy (non-hydrogen) atoms. The maximum absolute atomic E-state index is 12.3. The quantitative estimate of drug-likeness (QED) is 0.690. The van der Waals surface area contributed by atoms with Gasteiger partial charge in [-0.05, 0) is 6.92 Å². The molecule has 76 valence electrons. The number of carbonyl (C=O) groups is 2. The Kier molecular flexibility index (Phi) is 4.68. The Morgan fingerprint density at radius 2 is 2.08 bits per heavy atom. The molecule has 7 heteroatoms. The van der Waals surface area contributed by atoms with Crippen LogP contribution >= 0.6 is 11.8 Å². The largest absolute Gasteiger partial charge is 0.476 e. The monoisotopic (exact) mass is 214 g/mol. The highest BCUT2D eigenvalue weighted by Crippen LogP contribution is 2.28. The van der Waals surface area contributed by atoms with Gasteiger partial charge in [0.25, 0.3) is 0 Å². The molecule has 0 bridgehead atoms. The van der Waals surface area contributed by atoms with Gasteiger partial charge in [0.05, 0.1) is 12.4 Å². The summed E-state index contributed by atoms with van der Waals surface area (Å²) in [4.78, 5) is 20.4. The average Bonchev–Trinajstić information content (AvgIpc) is 2.01. The highest BCUT2D eigenvalue weighted by atomic mass is 32.2. The Balaban J connectivity index is 3.88. The van der Waals surface area contributed by atoms with E-state index in [-0.39, 0.29) is 18.4 Å². The zero-order valence-corrected chi connectivity index (χ0v) is 7.57. The molecule has 0 aromatic rings. The Morgan fingerprint density at radius 3 is 2.46 bits per heavy atom. The fourth-order valence-corrected chi connectivity index (χ4v) is 0.920. The minimum Gasteiger partial charge on any atom is -0.476 e. The third kappa shape index (κ3) is 4.66. The lowest BCUT2D eigenvalue weighted by Gasteiger charge is -2.08. The molecule has 0 fully saturated rings. The second-order valence-corrected chi connectivity index (χ2v) is 3.01. The molecule has 0 aliphatic heterocycles. The van der Waals surface area contributed by atoms with Gasteiger partial charge in [-0.25, -0.2) is 4.79 Å². The van der Waals surface area contributed by atoms with Crippen LogP contribution in [0.1, 0.15) is 6.92 Å². The second kappa shape index (κ2) is 5.00. The standard InChI is InChI=1S/C6H8F2O4S/c1-2-12-4(9)3-13-6(7,8)5(10)11/h2-3H2,1H3,(H,10,11). The van der Waals surface area contributed by atoms with Crippen LogP contribution in [0.5, 0.6) is 0 Å². The van der Waals surface area contributed by atoms with Gasteiger partial charge in [0.15, 0.2) is 0 Å². The summed E-state index contributed by atoms with van der Waals surface area (Å²) in [6, 6.07) is 0. The first kappa shape index (κ1) is 12.2. The van der Waals surface area contributed by atoms with E-state index in [4.69, 9.17) is 5.11 Å². The number of hydrogen-bond donors (Lipinski definition) is 1. The molecule has 0 atom stereocenters. The van der Waals surface area contributed by atoms with E-state index >= 15 is 0 Å². The van der Waals surface area contributed by atoms with E-state index < -0.39 is 22.9 Å². The lowest BCUT2D eigenvalue weighted by Crippen LogP contribution is -2.25. The van der Waals surface area contributed by atoms with Crippen molar-refractivity contribution in [3.8, 4) is 0 Å². The fourth-order valence-electron chi connectivity index (χ4n) is 0.414. The molecule has 0 unspecified atom stereocenters. The number of esters is 1. The highest BCUT2D eigenvalue weighted by molar-refractivity contribution is 8.01. The molecular weight excluding hydrogens is 206 g/mol. The van der Waals surface area contributed by atoms with E-state index in [1.54, 1.807) is 0 Å². The van der Waals surface area contributed by atoms with E-state index in [9.17, 15) is 18.4 Å². The van der Waals surface area contributed by atoms with Crippen molar-refractivity contribution in [2.24, 2.45) is 0 Å². The second-order valence-electron chi connectivity index (χ2n) is 1.92. The van der Waals surface area contributed by atoms with Gasteiger partial charge in [-0.3, -0.25) is 4.79 Å². The maximum Gasteiger partial charge on any atom is 0.389 e. The summed E-state index contributed by atoms with van der Waals surface area (Å²) in [6.45, 7) is 1.61. The molecule has 4 nitrogen and oxygen atoms in total. The van der Waals surface area contributed by atoms with Gasteiger partial charge < -0.3 is 9.84 Å². The summed E-state index contributed by atoms with van der Waals surface area (Å²) >= 11 is -0.273. The summed E-state index contributed by atoms with van der Waals surface area (Å²) in [5.41, 5.74) is 0. The van der Waals surface area contributed by atoms with Gasteiger partial charge in [-0.1, -0.05) is 11.8 Å². The molecule has 0 aliphatic rings. The topological polar surface area (TPSA) is 63.6 Å². The first-order chi connectivity index (χ1) is 5.90. The summed E-state index contributed by atoms with van der Waals surface area (Å²) in [5, 5.41) is 4.02. The van der Waals surface area contributed by atoms with E-state index in [0.717, 1.165) is 0 Å². The van der Waals surface area contributed by atoms with Gasteiger partial charge in [0.1, 0.15) is 0 Å². The third-order valence-electron chi connectivity index (χ3n) is 0.926. The van der Waals surface area contributed by atoms with Crippen molar-refractivity contribution >= 4 is 23.7 Å². The predicted molar refractivity (Wildman–Crippen MR) is 41.7 cm³/mol. The first-order valence-corrected chi connectivity index (χ1v) is 4.29. The number of carbonyl (C=O) groups excluding carboxylic acids is 1. The van der Waals surface area contributed by atoms with Crippen LogP contribution < -0.4 is 0 Å². The smallest absolute Gasteiger partial charge is 0.389 e. The summed E-state index contributed by atoms with van der Waals surface area (Å²) in [5.74, 6) is -3.79. The number of carboxylic acid groups (broad SMARTS) is 1. The van der Waals surface area contributed by atoms with E-state index in [0.29, 0.717) is 0 Å². The summed E-state index contributed by atoms with van der Waals surface area (Å²) in [7, 11) is 0. The number of thioether (sulfide) groups is 1. The molecule has 0 heterocycles. The minimum atomic E-state index is -3.94. The van der Waals surface area contributed by atoms with Gasteiger partial charge in [-0.15, -0.1) is 0 Å². The van der Waals surface area contributed by atoms with Crippen molar-refractivity contribution in [3.05, 3.63) is 0 Å². The molecule has 0 aliphatic carbocycles. The summed E-state index contributed by atoms with van der Waals surface area (Å²) in [6.07, 6.45) is 0.